The van der Waals surface area contributed by atoms with Gasteiger partial charge in [0.15, 0.2) is 6.10 Å². The average molecular weight is 231 g/mol. The molecule has 0 spiro atoms. The molecule has 0 aliphatic carbocycles. The molecule has 0 bridgehead atoms. The molecular formula is C9H17N3O4. The fraction of sp³-hybridized carbons (Fsp3) is 0.778. The molecule has 0 aromatic rings. The van der Waals surface area contributed by atoms with E-state index in [0.29, 0.717) is 13.1 Å². The molecule has 1 aliphatic heterocycles. The van der Waals surface area contributed by atoms with Gasteiger partial charge < -0.3 is 26.2 Å². The number of carbonyl (C=O) groups is 2. The second-order valence-corrected chi connectivity index (χ2v) is 3.87. The van der Waals surface area contributed by atoms with Gasteiger partial charge in [0.25, 0.3) is 0 Å². The summed E-state index contributed by atoms with van der Waals surface area (Å²) in [5, 5.41) is 19.9. The third kappa shape index (κ3) is 3.67. The summed E-state index contributed by atoms with van der Waals surface area (Å²) in [5.74, 6) is -1.28. The largest absolute Gasteiger partial charge is 0.479 e. The molecule has 16 heavy (non-hydrogen) atoms. The van der Waals surface area contributed by atoms with Gasteiger partial charge in [0.05, 0.1) is 0 Å². The zero-order chi connectivity index (χ0) is 12.1. The number of hydrogen-bond acceptors (Lipinski definition) is 4. The number of likely N-dealkylation sites (tertiary alicyclic amines) is 1. The first-order valence-corrected chi connectivity index (χ1v) is 5.20. The monoisotopic (exact) mass is 231 g/mol. The summed E-state index contributed by atoms with van der Waals surface area (Å²) in [6, 6.07) is -0.235. The van der Waals surface area contributed by atoms with Crippen LogP contribution >= 0.6 is 0 Å². The van der Waals surface area contributed by atoms with E-state index in [4.69, 9.17) is 15.9 Å². The summed E-state index contributed by atoms with van der Waals surface area (Å²) in [4.78, 5) is 23.3. The lowest BCUT2D eigenvalue weighted by Gasteiger charge is -2.16. The first-order chi connectivity index (χ1) is 7.50. The van der Waals surface area contributed by atoms with Gasteiger partial charge in [-0.3, -0.25) is 0 Å². The maximum absolute atomic E-state index is 11.5. The molecule has 92 valence electrons. The topological polar surface area (TPSA) is 116 Å². The Morgan fingerprint density at radius 1 is 1.56 bits per heavy atom. The number of nitrogens with one attached hydrogen (secondary N) is 1. The van der Waals surface area contributed by atoms with Gasteiger partial charge in [-0.25, -0.2) is 9.59 Å². The zero-order valence-corrected chi connectivity index (χ0v) is 8.93. The van der Waals surface area contributed by atoms with E-state index in [1.165, 1.54) is 0 Å². The van der Waals surface area contributed by atoms with Crippen molar-refractivity contribution in [1.82, 2.24) is 10.2 Å². The number of amides is 2. The van der Waals surface area contributed by atoms with Crippen molar-refractivity contribution in [3.8, 4) is 0 Å². The Bertz CT molecular complexity index is 271. The second-order valence-electron chi connectivity index (χ2n) is 3.87. The number of aliphatic hydroxyl groups is 1. The van der Waals surface area contributed by atoms with E-state index in [0.717, 1.165) is 6.42 Å². The Labute approximate surface area is 93.2 Å². The van der Waals surface area contributed by atoms with Crippen LogP contribution in [0.4, 0.5) is 4.79 Å². The predicted octanol–water partition coefficient (Wildman–Crippen LogP) is -1.44. The van der Waals surface area contributed by atoms with Crippen molar-refractivity contribution >= 4 is 12.0 Å². The first kappa shape index (κ1) is 12.7. The fourth-order valence-corrected chi connectivity index (χ4v) is 1.52. The number of urea groups is 1. The van der Waals surface area contributed by atoms with Crippen LogP contribution < -0.4 is 11.1 Å². The van der Waals surface area contributed by atoms with Gasteiger partial charge in [-0.1, -0.05) is 0 Å². The molecule has 2 atom stereocenters. The molecule has 7 heteroatoms. The van der Waals surface area contributed by atoms with Crippen LogP contribution in [0.2, 0.25) is 0 Å². The molecule has 1 saturated heterocycles. The van der Waals surface area contributed by atoms with Gasteiger partial charge in [0, 0.05) is 32.1 Å². The lowest BCUT2D eigenvalue weighted by atomic mass is 10.2. The van der Waals surface area contributed by atoms with E-state index in [-0.39, 0.29) is 25.0 Å². The van der Waals surface area contributed by atoms with Crippen molar-refractivity contribution in [3.05, 3.63) is 0 Å². The Hall–Kier alpha value is -1.34. The summed E-state index contributed by atoms with van der Waals surface area (Å²) in [6.45, 7) is 1.28. The molecular weight excluding hydrogens is 214 g/mol. The summed E-state index contributed by atoms with van der Waals surface area (Å²) in [7, 11) is 0. The maximum atomic E-state index is 11.5. The molecule has 0 radical (unpaired) electrons. The number of carboxylic acid groups (broad SMARTS) is 1. The van der Waals surface area contributed by atoms with Crippen molar-refractivity contribution in [1.29, 1.82) is 0 Å². The minimum atomic E-state index is -1.43. The predicted molar refractivity (Wildman–Crippen MR) is 55.8 cm³/mol. The van der Waals surface area contributed by atoms with Gasteiger partial charge in [0.2, 0.25) is 0 Å². The Kier molecular flexibility index (Phi) is 4.51. The van der Waals surface area contributed by atoms with Crippen LogP contribution in [0.1, 0.15) is 12.8 Å². The van der Waals surface area contributed by atoms with Crippen LogP contribution in [0, 0.1) is 0 Å². The minimum Gasteiger partial charge on any atom is -0.479 e. The molecule has 7 nitrogen and oxygen atoms in total. The number of nitrogens with zero attached hydrogens (tertiary/aromatic N) is 1. The molecule has 1 aliphatic rings. The Morgan fingerprint density at radius 2 is 2.25 bits per heavy atom. The molecule has 0 saturated carbocycles. The zero-order valence-electron chi connectivity index (χ0n) is 8.93. The van der Waals surface area contributed by atoms with E-state index in [1.54, 1.807) is 4.90 Å². The molecule has 0 aromatic heterocycles. The van der Waals surface area contributed by atoms with Crippen molar-refractivity contribution in [2.45, 2.75) is 25.0 Å². The number of hydrogen-bond donors (Lipinski definition) is 4. The molecule has 2 amide bonds. The third-order valence-electron chi connectivity index (χ3n) is 2.49. The molecule has 1 heterocycles. The summed E-state index contributed by atoms with van der Waals surface area (Å²) >= 11 is 0. The molecule has 1 rings (SSSR count). The average Bonchev–Trinajstić information content (AvgIpc) is 2.64. The van der Waals surface area contributed by atoms with Gasteiger partial charge in [-0.15, -0.1) is 0 Å². The highest BCUT2D eigenvalue weighted by molar-refractivity contribution is 5.75. The maximum Gasteiger partial charge on any atom is 0.332 e. The fourth-order valence-electron chi connectivity index (χ4n) is 1.52. The van der Waals surface area contributed by atoms with E-state index in [1.807, 2.05) is 0 Å². The smallest absolute Gasteiger partial charge is 0.332 e. The van der Waals surface area contributed by atoms with Crippen molar-refractivity contribution in [3.63, 3.8) is 0 Å². The van der Waals surface area contributed by atoms with E-state index < -0.39 is 12.1 Å². The number of aliphatic hydroxyl groups excluding tert-OH is 1. The van der Waals surface area contributed by atoms with Crippen LogP contribution in [0.3, 0.4) is 0 Å². The highest BCUT2D eigenvalue weighted by Crippen LogP contribution is 2.06. The molecule has 1 fully saturated rings. The normalized spacial score (nSPS) is 21.9. The first-order valence-electron chi connectivity index (χ1n) is 5.20. The van der Waals surface area contributed by atoms with Gasteiger partial charge in [-0.2, -0.15) is 0 Å². The lowest BCUT2D eigenvalue weighted by Crippen LogP contribution is -2.41. The van der Waals surface area contributed by atoms with Crippen LogP contribution in [0.5, 0.6) is 0 Å². The van der Waals surface area contributed by atoms with E-state index in [2.05, 4.69) is 5.32 Å². The number of nitrogens with two attached hydrogens (primary N) is 1. The highest BCUT2D eigenvalue weighted by atomic mass is 16.4. The second kappa shape index (κ2) is 5.66. The van der Waals surface area contributed by atoms with Crippen LogP contribution in [-0.4, -0.2) is 58.9 Å². The number of carbonyl (C=O) groups excluding carboxylic acids is 1. The van der Waals surface area contributed by atoms with Gasteiger partial charge in [0.1, 0.15) is 0 Å². The Morgan fingerprint density at radius 3 is 2.75 bits per heavy atom. The number of rotatable bonds is 4. The van der Waals surface area contributed by atoms with Crippen LogP contribution in [0.25, 0.3) is 0 Å². The van der Waals surface area contributed by atoms with Crippen LogP contribution in [0.15, 0.2) is 0 Å². The summed E-state index contributed by atoms with van der Waals surface area (Å²) in [5.41, 5.74) is 5.64. The minimum absolute atomic E-state index is 0.000959. The Balaban J connectivity index is 2.18. The van der Waals surface area contributed by atoms with Gasteiger partial charge >= 0.3 is 12.0 Å². The van der Waals surface area contributed by atoms with Gasteiger partial charge in [-0.05, 0) is 6.42 Å². The number of aliphatic carboxylic acids is 1. The molecule has 2 unspecified atom stereocenters. The van der Waals surface area contributed by atoms with Crippen molar-refractivity contribution in [2.75, 3.05) is 19.6 Å². The SMILES string of the molecule is NC1CCN(C(=O)NCCC(O)C(=O)O)C1. The van der Waals surface area contributed by atoms with Crippen LogP contribution in [-0.2, 0) is 4.79 Å². The third-order valence-corrected chi connectivity index (χ3v) is 2.49. The van der Waals surface area contributed by atoms with E-state index >= 15 is 0 Å². The summed E-state index contributed by atoms with van der Waals surface area (Å²) in [6.07, 6.45) is -0.646. The summed E-state index contributed by atoms with van der Waals surface area (Å²) < 4.78 is 0. The quantitative estimate of drug-likeness (QED) is 0.473. The lowest BCUT2D eigenvalue weighted by molar-refractivity contribution is -0.146. The molecule has 0 aromatic carbocycles. The standard InChI is InChI=1S/C9H17N3O4/c10-6-2-4-12(5-6)9(16)11-3-1-7(13)8(14)15/h6-7,13H,1-5,10H2,(H,11,16)(H,14,15). The van der Waals surface area contributed by atoms with Crippen molar-refractivity contribution in [2.24, 2.45) is 5.73 Å². The number of carboxylic acids is 1. The highest BCUT2D eigenvalue weighted by Gasteiger charge is 2.23. The van der Waals surface area contributed by atoms with Crippen molar-refractivity contribution < 1.29 is 19.8 Å². The molecule has 5 N–H and O–H groups in total. The van der Waals surface area contributed by atoms with E-state index in [9.17, 15) is 9.59 Å².